The summed E-state index contributed by atoms with van der Waals surface area (Å²) in [7, 11) is 0. The highest BCUT2D eigenvalue weighted by Gasteiger charge is 2.64. The first-order valence-corrected chi connectivity index (χ1v) is 4.91. The molecular formula is C9H15F3N2O. The Bertz CT molecular complexity index is 248. The zero-order valence-electron chi connectivity index (χ0n) is 8.53. The lowest BCUT2D eigenvalue weighted by Gasteiger charge is -2.22. The Hall–Kier alpha value is -0.780. The second-order valence-electron chi connectivity index (χ2n) is 4.05. The molecule has 1 atom stereocenters. The van der Waals surface area contributed by atoms with Gasteiger partial charge in [0.2, 0.25) is 5.91 Å². The molecule has 0 heterocycles. The number of nitrogens with two attached hydrogens (primary N) is 1. The van der Waals surface area contributed by atoms with E-state index in [1.54, 1.807) is 6.92 Å². The van der Waals surface area contributed by atoms with Crippen LogP contribution in [0.4, 0.5) is 13.2 Å². The van der Waals surface area contributed by atoms with Gasteiger partial charge < -0.3 is 11.1 Å². The number of hydrogen-bond acceptors (Lipinski definition) is 2. The van der Waals surface area contributed by atoms with Gasteiger partial charge in [-0.3, -0.25) is 4.79 Å². The lowest BCUT2D eigenvalue weighted by atomic mass is 10.1. The van der Waals surface area contributed by atoms with E-state index in [9.17, 15) is 18.0 Å². The molecular weight excluding hydrogens is 209 g/mol. The topological polar surface area (TPSA) is 55.1 Å². The van der Waals surface area contributed by atoms with Gasteiger partial charge in [0.05, 0.1) is 0 Å². The van der Waals surface area contributed by atoms with E-state index in [0.717, 1.165) is 0 Å². The average molecular weight is 224 g/mol. The molecule has 1 aliphatic carbocycles. The molecule has 88 valence electrons. The molecule has 1 aliphatic rings. The average Bonchev–Trinajstić information content (AvgIpc) is 2.84. The van der Waals surface area contributed by atoms with Crippen molar-refractivity contribution < 1.29 is 18.0 Å². The van der Waals surface area contributed by atoms with Crippen LogP contribution < -0.4 is 11.1 Å². The minimum absolute atomic E-state index is 0.0163. The Morgan fingerprint density at radius 3 is 2.40 bits per heavy atom. The fourth-order valence-electron chi connectivity index (χ4n) is 1.34. The molecule has 3 N–H and O–H groups in total. The van der Waals surface area contributed by atoms with Gasteiger partial charge in [-0.25, -0.2) is 0 Å². The lowest BCUT2D eigenvalue weighted by Crippen LogP contribution is -2.49. The highest BCUT2D eigenvalue weighted by atomic mass is 19.4. The van der Waals surface area contributed by atoms with E-state index in [-0.39, 0.29) is 12.8 Å². The van der Waals surface area contributed by atoms with E-state index < -0.39 is 23.5 Å². The summed E-state index contributed by atoms with van der Waals surface area (Å²) in [4.78, 5) is 11.4. The maximum absolute atomic E-state index is 12.5. The maximum Gasteiger partial charge on any atom is 0.411 e. The van der Waals surface area contributed by atoms with Crippen LogP contribution in [0.5, 0.6) is 0 Å². The Morgan fingerprint density at radius 1 is 1.53 bits per heavy atom. The van der Waals surface area contributed by atoms with Crippen molar-refractivity contribution in [3.05, 3.63) is 0 Å². The van der Waals surface area contributed by atoms with Crippen molar-refractivity contribution >= 4 is 5.91 Å². The summed E-state index contributed by atoms with van der Waals surface area (Å²) in [5, 5.41) is 2.07. The van der Waals surface area contributed by atoms with Crippen LogP contribution in [0.25, 0.3) is 0 Å². The third-order valence-corrected chi connectivity index (χ3v) is 2.70. The summed E-state index contributed by atoms with van der Waals surface area (Å²) >= 11 is 0. The maximum atomic E-state index is 12.5. The second kappa shape index (κ2) is 4.00. The minimum Gasteiger partial charge on any atom is -0.342 e. The first kappa shape index (κ1) is 12.3. The largest absolute Gasteiger partial charge is 0.411 e. The third-order valence-electron chi connectivity index (χ3n) is 2.70. The van der Waals surface area contributed by atoms with Crippen LogP contribution in [-0.4, -0.2) is 24.2 Å². The van der Waals surface area contributed by atoms with Crippen molar-refractivity contribution in [1.29, 1.82) is 0 Å². The molecule has 1 unspecified atom stereocenters. The van der Waals surface area contributed by atoms with E-state index in [0.29, 0.717) is 13.0 Å². The monoisotopic (exact) mass is 224 g/mol. The van der Waals surface area contributed by atoms with E-state index in [2.05, 4.69) is 5.32 Å². The van der Waals surface area contributed by atoms with Gasteiger partial charge >= 0.3 is 6.18 Å². The first-order valence-electron chi connectivity index (χ1n) is 4.91. The van der Waals surface area contributed by atoms with Gasteiger partial charge in [0.25, 0.3) is 0 Å². The van der Waals surface area contributed by atoms with E-state index in [4.69, 9.17) is 5.73 Å². The summed E-state index contributed by atoms with van der Waals surface area (Å²) in [6, 6.07) is 0. The van der Waals surface area contributed by atoms with Gasteiger partial charge in [-0.15, -0.1) is 0 Å². The zero-order chi connectivity index (χ0) is 11.7. The van der Waals surface area contributed by atoms with Crippen molar-refractivity contribution in [2.75, 3.05) is 6.54 Å². The van der Waals surface area contributed by atoms with Gasteiger partial charge in [-0.05, 0) is 25.8 Å². The highest BCUT2D eigenvalue weighted by molar-refractivity contribution is 5.79. The molecule has 0 aromatic carbocycles. The van der Waals surface area contributed by atoms with Crippen molar-refractivity contribution in [1.82, 2.24) is 5.32 Å². The van der Waals surface area contributed by atoms with Crippen LogP contribution in [0.15, 0.2) is 0 Å². The molecule has 0 aliphatic heterocycles. The van der Waals surface area contributed by atoms with Crippen LogP contribution >= 0.6 is 0 Å². The number of hydrogen-bond donors (Lipinski definition) is 2. The summed E-state index contributed by atoms with van der Waals surface area (Å²) < 4.78 is 37.4. The molecule has 3 nitrogen and oxygen atoms in total. The van der Waals surface area contributed by atoms with Crippen molar-refractivity contribution in [3.63, 3.8) is 0 Å². The van der Waals surface area contributed by atoms with Crippen LogP contribution in [0.3, 0.4) is 0 Å². The zero-order valence-corrected chi connectivity index (χ0v) is 8.53. The molecule has 6 heteroatoms. The predicted octanol–water partition coefficient (Wildman–Crippen LogP) is 1.18. The molecule has 0 aromatic heterocycles. The quantitative estimate of drug-likeness (QED) is 0.753. The Balaban J connectivity index is 2.52. The van der Waals surface area contributed by atoms with Gasteiger partial charge in [-0.2, -0.15) is 13.2 Å². The second-order valence-corrected chi connectivity index (χ2v) is 4.05. The summed E-state index contributed by atoms with van der Waals surface area (Å²) in [5.41, 5.74) is 3.28. The molecule has 1 fully saturated rings. The summed E-state index contributed by atoms with van der Waals surface area (Å²) in [5.74, 6) is -1.02. The number of halogens is 3. The molecule has 0 saturated heterocycles. The minimum atomic E-state index is -4.34. The molecule has 15 heavy (non-hydrogen) atoms. The Morgan fingerprint density at radius 2 is 2.07 bits per heavy atom. The van der Waals surface area contributed by atoms with Gasteiger partial charge in [0.15, 0.2) is 0 Å². The summed E-state index contributed by atoms with van der Waals surface area (Å²) in [6.45, 7) is 1.88. The normalized spacial score (nSPS) is 20.9. The van der Waals surface area contributed by atoms with E-state index in [1.165, 1.54) is 0 Å². The fraction of sp³-hybridized carbons (Fsp3) is 0.889. The van der Waals surface area contributed by atoms with Gasteiger partial charge in [0.1, 0.15) is 5.54 Å². The van der Waals surface area contributed by atoms with Crippen molar-refractivity contribution in [3.8, 4) is 0 Å². The van der Waals surface area contributed by atoms with Gasteiger partial charge in [0, 0.05) is 5.92 Å². The highest BCUT2D eigenvalue weighted by Crippen LogP contribution is 2.49. The number of carbonyl (C=O) groups is 1. The van der Waals surface area contributed by atoms with E-state index >= 15 is 0 Å². The molecule has 0 aromatic rings. The lowest BCUT2D eigenvalue weighted by molar-refractivity contribution is -0.171. The van der Waals surface area contributed by atoms with E-state index in [1.807, 2.05) is 0 Å². The number of nitrogens with one attached hydrogen (secondary N) is 1. The Kier molecular flexibility index (Phi) is 3.28. The fourth-order valence-corrected chi connectivity index (χ4v) is 1.34. The molecule has 1 saturated carbocycles. The first-order chi connectivity index (χ1) is 6.82. The Labute approximate surface area is 86.2 Å². The van der Waals surface area contributed by atoms with Gasteiger partial charge in [-0.1, -0.05) is 6.92 Å². The molecule has 0 bridgehead atoms. The summed E-state index contributed by atoms with van der Waals surface area (Å²) in [6.07, 6.45) is -3.97. The SMILES string of the molecule is CC(CCN)C(=O)NC1(C(F)(F)F)CC1. The molecule has 1 amide bonds. The number of carbonyl (C=O) groups excluding carboxylic acids is 1. The molecule has 1 rings (SSSR count). The van der Waals surface area contributed by atoms with Crippen molar-refractivity contribution in [2.24, 2.45) is 11.7 Å². The molecule has 0 radical (unpaired) electrons. The number of alkyl halides is 3. The third kappa shape index (κ3) is 2.62. The van der Waals surface area contributed by atoms with Crippen LogP contribution in [0.1, 0.15) is 26.2 Å². The number of amides is 1. The predicted molar refractivity (Wildman–Crippen MR) is 49.0 cm³/mol. The van der Waals surface area contributed by atoms with Crippen LogP contribution in [-0.2, 0) is 4.79 Å². The van der Waals surface area contributed by atoms with Crippen LogP contribution in [0.2, 0.25) is 0 Å². The molecule has 0 spiro atoms. The van der Waals surface area contributed by atoms with Crippen LogP contribution in [0, 0.1) is 5.92 Å². The smallest absolute Gasteiger partial charge is 0.342 e. The number of rotatable bonds is 4. The van der Waals surface area contributed by atoms with Crippen molar-refractivity contribution in [2.45, 2.75) is 37.9 Å². The standard InChI is InChI=1S/C9H15F3N2O/c1-6(2-5-13)7(15)14-8(3-4-8)9(10,11)12/h6H,2-5,13H2,1H3,(H,14,15).